The highest BCUT2D eigenvalue weighted by atomic mass is 16.5. The van der Waals surface area contributed by atoms with Gasteiger partial charge in [-0.15, -0.1) is 0 Å². The van der Waals surface area contributed by atoms with E-state index in [0.29, 0.717) is 25.5 Å². The Bertz CT molecular complexity index is 569. The number of rotatable bonds is 8. The molecule has 0 bridgehead atoms. The minimum atomic E-state index is 0.344. The number of methoxy groups -OCH3 is 1. The van der Waals surface area contributed by atoms with Crippen molar-refractivity contribution in [3.05, 3.63) is 41.0 Å². The zero-order chi connectivity index (χ0) is 15.1. The molecule has 0 saturated heterocycles. The van der Waals surface area contributed by atoms with Gasteiger partial charge in [-0.25, -0.2) is 0 Å². The number of pyridine rings is 1. The zero-order valence-corrected chi connectivity index (χ0v) is 12.7. The predicted molar refractivity (Wildman–Crippen MR) is 77.9 cm³/mol. The lowest BCUT2D eigenvalue weighted by atomic mass is 10.2. The van der Waals surface area contributed by atoms with E-state index in [-0.39, 0.29) is 0 Å². The summed E-state index contributed by atoms with van der Waals surface area (Å²) < 4.78 is 15.9. The summed E-state index contributed by atoms with van der Waals surface area (Å²) in [5.74, 6) is 1.45. The molecule has 0 aliphatic rings. The van der Waals surface area contributed by atoms with Crippen molar-refractivity contribution in [1.29, 1.82) is 0 Å². The molecular formula is C15H21N3O3. The standard InChI is InChI=1S/C15H21N3O3/c1-4-16-8-14-15(6-5-11(2)17-14)20-9-12-7-13(10-19-3)21-18-12/h5-7,16H,4,8-10H2,1-3H3. The molecule has 2 rings (SSSR count). The van der Waals surface area contributed by atoms with E-state index in [4.69, 9.17) is 14.0 Å². The molecule has 21 heavy (non-hydrogen) atoms. The zero-order valence-electron chi connectivity index (χ0n) is 12.7. The maximum atomic E-state index is 5.80. The molecule has 0 saturated carbocycles. The van der Waals surface area contributed by atoms with E-state index < -0.39 is 0 Å². The number of hydrogen-bond donors (Lipinski definition) is 1. The molecule has 6 heteroatoms. The van der Waals surface area contributed by atoms with Crippen molar-refractivity contribution in [2.75, 3.05) is 13.7 Å². The summed E-state index contributed by atoms with van der Waals surface area (Å²) in [7, 11) is 1.61. The second kappa shape index (κ2) is 7.75. The summed E-state index contributed by atoms with van der Waals surface area (Å²) >= 11 is 0. The third-order valence-corrected chi connectivity index (χ3v) is 2.88. The average Bonchev–Trinajstić information content (AvgIpc) is 2.92. The van der Waals surface area contributed by atoms with Gasteiger partial charge in [0.25, 0.3) is 0 Å². The summed E-state index contributed by atoms with van der Waals surface area (Å²) in [6.45, 7) is 6.35. The summed E-state index contributed by atoms with van der Waals surface area (Å²) in [5.41, 5.74) is 2.61. The van der Waals surface area contributed by atoms with Crippen molar-refractivity contribution in [3.8, 4) is 5.75 Å². The maximum absolute atomic E-state index is 5.80. The summed E-state index contributed by atoms with van der Waals surface area (Å²) in [4.78, 5) is 4.51. The van der Waals surface area contributed by atoms with Crippen LogP contribution < -0.4 is 10.1 Å². The number of nitrogens with zero attached hydrogens (tertiary/aromatic N) is 2. The Kier molecular flexibility index (Phi) is 5.71. The lowest BCUT2D eigenvalue weighted by molar-refractivity contribution is 0.155. The molecule has 0 radical (unpaired) electrons. The Hall–Kier alpha value is -1.92. The van der Waals surface area contributed by atoms with Gasteiger partial charge in [0, 0.05) is 25.4 Å². The van der Waals surface area contributed by atoms with Crippen LogP contribution in [0.2, 0.25) is 0 Å². The van der Waals surface area contributed by atoms with Crippen LogP contribution in [0.25, 0.3) is 0 Å². The largest absolute Gasteiger partial charge is 0.485 e. The molecule has 0 spiro atoms. The van der Waals surface area contributed by atoms with E-state index >= 15 is 0 Å². The second-order valence-electron chi connectivity index (χ2n) is 4.68. The van der Waals surface area contributed by atoms with Gasteiger partial charge in [0.15, 0.2) is 5.76 Å². The molecule has 2 aromatic heterocycles. The Morgan fingerprint density at radius 3 is 2.90 bits per heavy atom. The van der Waals surface area contributed by atoms with Crippen LogP contribution in [-0.2, 0) is 24.5 Å². The summed E-state index contributed by atoms with van der Waals surface area (Å²) in [6, 6.07) is 5.70. The average molecular weight is 291 g/mol. The first-order valence-corrected chi connectivity index (χ1v) is 6.96. The molecule has 114 valence electrons. The third-order valence-electron chi connectivity index (χ3n) is 2.88. The second-order valence-corrected chi connectivity index (χ2v) is 4.68. The van der Waals surface area contributed by atoms with Crippen LogP contribution in [0.4, 0.5) is 0 Å². The normalized spacial score (nSPS) is 10.8. The van der Waals surface area contributed by atoms with Crippen LogP contribution >= 0.6 is 0 Å². The highest BCUT2D eigenvalue weighted by Gasteiger charge is 2.08. The van der Waals surface area contributed by atoms with Gasteiger partial charge in [0.2, 0.25) is 0 Å². The van der Waals surface area contributed by atoms with Gasteiger partial charge < -0.3 is 19.3 Å². The molecule has 2 heterocycles. The van der Waals surface area contributed by atoms with Crippen molar-refractivity contribution in [1.82, 2.24) is 15.5 Å². The van der Waals surface area contributed by atoms with Gasteiger partial charge in [-0.1, -0.05) is 12.1 Å². The first kappa shape index (κ1) is 15.5. The molecule has 6 nitrogen and oxygen atoms in total. The number of aromatic nitrogens is 2. The fraction of sp³-hybridized carbons (Fsp3) is 0.467. The molecule has 0 aliphatic carbocycles. The summed E-state index contributed by atoms with van der Waals surface area (Å²) in [5, 5.41) is 7.20. The number of nitrogens with one attached hydrogen (secondary N) is 1. The van der Waals surface area contributed by atoms with E-state index in [9.17, 15) is 0 Å². The number of hydrogen-bond acceptors (Lipinski definition) is 6. The first-order chi connectivity index (χ1) is 10.2. The van der Waals surface area contributed by atoms with Crippen LogP contribution in [0.15, 0.2) is 22.7 Å². The topological polar surface area (TPSA) is 69.4 Å². The fourth-order valence-electron chi connectivity index (χ4n) is 1.88. The molecule has 0 aliphatic heterocycles. The molecule has 0 unspecified atom stereocenters. The van der Waals surface area contributed by atoms with Gasteiger partial charge in [-0.05, 0) is 25.6 Å². The molecular weight excluding hydrogens is 270 g/mol. The van der Waals surface area contributed by atoms with Gasteiger partial charge >= 0.3 is 0 Å². The predicted octanol–water partition coefficient (Wildman–Crippen LogP) is 2.21. The van der Waals surface area contributed by atoms with E-state index in [1.54, 1.807) is 7.11 Å². The van der Waals surface area contributed by atoms with E-state index in [0.717, 1.165) is 29.4 Å². The third kappa shape index (κ3) is 4.54. The summed E-state index contributed by atoms with van der Waals surface area (Å²) in [6.07, 6.45) is 0. The Morgan fingerprint density at radius 2 is 2.14 bits per heavy atom. The van der Waals surface area contributed by atoms with Crippen LogP contribution in [0, 0.1) is 6.92 Å². The Labute approximate surface area is 124 Å². The number of aryl methyl sites for hydroxylation is 1. The van der Waals surface area contributed by atoms with Gasteiger partial charge in [0.05, 0.1) is 5.69 Å². The highest BCUT2D eigenvalue weighted by Crippen LogP contribution is 2.18. The SMILES string of the molecule is CCNCc1nc(C)ccc1OCc1cc(COC)on1. The van der Waals surface area contributed by atoms with Crippen LogP contribution in [0.1, 0.15) is 29.8 Å². The van der Waals surface area contributed by atoms with Crippen LogP contribution in [-0.4, -0.2) is 23.8 Å². The molecule has 1 N–H and O–H groups in total. The van der Waals surface area contributed by atoms with Gasteiger partial charge in [-0.3, -0.25) is 4.98 Å². The van der Waals surface area contributed by atoms with Gasteiger partial charge in [-0.2, -0.15) is 0 Å². The van der Waals surface area contributed by atoms with Crippen LogP contribution in [0.5, 0.6) is 5.75 Å². The minimum absolute atomic E-state index is 0.344. The van der Waals surface area contributed by atoms with Crippen LogP contribution in [0.3, 0.4) is 0 Å². The Balaban J connectivity index is 2.00. The lowest BCUT2D eigenvalue weighted by Crippen LogP contribution is -2.14. The molecule has 0 amide bonds. The smallest absolute Gasteiger partial charge is 0.162 e. The van der Waals surface area contributed by atoms with Crippen molar-refractivity contribution >= 4 is 0 Å². The molecule has 0 atom stereocenters. The minimum Gasteiger partial charge on any atom is -0.485 e. The van der Waals surface area contributed by atoms with E-state index in [1.165, 1.54) is 0 Å². The highest BCUT2D eigenvalue weighted by molar-refractivity contribution is 5.29. The lowest BCUT2D eigenvalue weighted by Gasteiger charge is -2.10. The number of ether oxygens (including phenoxy) is 2. The molecule has 0 aromatic carbocycles. The van der Waals surface area contributed by atoms with Gasteiger partial charge in [0.1, 0.15) is 24.7 Å². The maximum Gasteiger partial charge on any atom is 0.162 e. The van der Waals surface area contributed by atoms with Crippen molar-refractivity contribution in [2.45, 2.75) is 33.6 Å². The van der Waals surface area contributed by atoms with E-state index in [2.05, 4.69) is 22.4 Å². The quantitative estimate of drug-likeness (QED) is 0.804. The van der Waals surface area contributed by atoms with Crippen molar-refractivity contribution in [2.24, 2.45) is 0 Å². The Morgan fingerprint density at radius 1 is 1.29 bits per heavy atom. The monoisotopic (exact) mass is 291 g/mol. The van der Waals surface area contributed by atoms with Crippen molar-refractivity contribution < 1.29 is 14.0 Å². The fourth-order valence-corrected chi connectivity index (χ4v) is 1.88. The molecule has 0 fully saturated rings. The van der Waals surface area contributed by atoms with Crippen molar-refractivity contribution in [3.63, 3.8) is 0 Å². The molecule has 2 aromatic rings. The first-order valence-electron chi connectivity index (χ1n) is 6.96. The van der Waals surface area contributed by atoms with E-state index in [1.807, 2.05) is 25.1 Å².